The van der Waals surface area contributed by atoms with Crippen molar-refractivity contribution in [2.45, 2.75) is 30.5 Å². The summed E-state index contributed by atoms with van der Waals surface area (Å²) in [5, 5.41) is 0. The van der Waals surface area contributed by atoms with Crippen molar-refractivity contribution in [3.8, 4) is 0 Å². The third-order valence-corrected chi connectivity index (χ3v) is 7.14. The van der Waals surface area contributed by atoms with Gasteiger partial charge >= 0.3 is 11.9 Å². The number of benzene rings is 3. The highest BCUT2D eigenvalue weighted by molar-refractivity contribution is 5.91. The lowest BCUT2D eigenvalue weighted by Gasteiger charge is -2.32. The first-order chi connectivity index (χ1) is 16.8. The standard InChI is InChI=1S/C29H30N2O4/c1-30(2)20-13-9-18(10-14-20)28(32)34-26-24-17-25(23-8-6-5-7-22(23)24)27(26)35-29(33)19-11-15-21(16-12-19)31(3)4/h5-16,24-27H,17H2,1-4H3. The van der Waals surface area contributed by atoms with Gasteiger partial charge in [-0.25, -0.2) is 9.59 Å². The second-order valence-electron chi connectivity index (χ2n) is 9.70. The van der Waals surface area contributed by atoms with E-state index < -0.39 is 24.1 Å². The molecule has 4 atom stereocenters. The highest BCUT2D eigenvalue weighted by Crippen LogP contribution is 2.55. The minimum atomic E-state index is -0.527. The van der Waals surface area contributed by atoms with Crippen LogP contribution in [0.2, 0.25) is 0 Å². The molecule has 6 nitrogen and oxygen atoms in total. The summed E-state index contributed by atoms with van der Waals surface area (Å²) in [6.45, 7) is 0. The summed E-state index contributed by atoms with van der Waals surface area (Å²) in [7, 11) is 7.81. The Bertz CT molecular complexity index is 1140. The van der Waals surface area contributed by atoms with E-state index in [2.05, 4.69) is 12.1 Å². The van der Waals surface area contributed by atoms with E-state index in [0.717, 1.165) is 17.8 Å². The molecule has 2 aliphatic rings. The molecule has 35 heavy (non-hydrogen) atoms. The highest BCUT2D eigenvalue weighted by Gasteiger charge is 2.55. The Hall–Kier alpha value is -3.80. The van der Waals surface area contributed by atoms with Crippen molar-refractivity contribution in [2.75, 3.05) is 38.0 Å². The molecule has 0 N–H and O–H groups in total. The lowest BCUT2D eigenvalue weighted by Crippen LogP contribution is -2.39. The summed E-state index contributed by atoms with van der Waals surface area (Å²) in [5.41, 5.74) is 5.33. The van der Waals surface area contributed by atoms with Crippen LogP contribution in [0.25, 0.3) is 0 Å². The molecule has 0 aromatic heterocycles. The van der Waals surface area contributed by atoms with Gasteiger partial charge in [0.05, 0.1) is 11.1 Å². The number of anilines is 2. The minimum absolute atomic E-state index is 0.00937. The summed E-state index contributed by atoms with van der Waals surface area (Å²) in [5.74, 6) is -0.784. The van der Waals surface area contributed by atoms with E-state index in [4.69, 9.17) is 9.47 Å². The number of ether oxygens (including phenoxy) is 2. The molecular formula is C29H30N2O4. The molecule has 0 saturated heterocycles. The van der Waals surface area contributed by atoms with Gasteiger partial charge in [0.25, 0.3) is 0 Å². The third-order valence-electron chi connectivity index (χ3n) is 7.14. The van der Waals surface area contributed by atoms with Crippen LogP contribution in [0.1, 0.15) is 50.1 Å². The summed E-state index contributed by atoms with van der Waals surface area (Å²) < 4.78 is 12.1. The van der Waals surface area contributed by atoms with Crippen LogP contribution < -0.4 is 9.80 Å². The average molecular weight is 471 g/mol. The summed E-state index contributed by atoms with van der Waals surface area (Å²) in [6.07, 6.45) is -0.254. The number of rotatable bonds is 6. The number of fused-ring (bicyclic) bond motifs is 5. The van der Waals surface area contributed by atoms with Crippen LogP contribution in [0.15, 0.2) is 72.8 Å². The van der Waals surface area contributed by atoms with Gasteiger partial charge in [-0.1, -0.05) is 24.3 Å². The highest BCUT2D eigenvalue weighted by atomic mass is 16.6. The first kappa shape index (κ1) is 23.0. The smallest absolute Gasteiger partial charge is 0.338 e. The maximum atomic E-state index is 13.1. The van der Waals surface area contributed by atoms with Crippen LogP contribution in [0.5, 0.6) is 0 Å². The van der Waals surface area contributed by atoms with E-state index in [1.807, 2.05) is 74.4 Å². The topological polar surface area (TPSA) is 59.1 Å². The van der Waals surface area contributed by atoms with E-state index in [1.165, 1.54) is 11.1 Å². The van der Waals surface area contributed by atoms with Crippen molar-refractivity contribution in [1.82, 2.24) is 0 Å². The van der Waals surface area contributed by atoms with E-state index in [1.54, 1.807) is 24.3 Å². The van der Waals surface area contributed by atoms with E-state index in [-0.39, 0.29) is 11.8 Å². The Morgan fingerprint density at radius 1 is 0.629 bits per heavy atom. The monoisotopic (exact) mass is 470 g/mol. The molecule has 0 amide bonds. The second-order valence-corrected chi connectivity index (χ2v) is 9.70. The SMILES string of the molecule is CN(C)c1ccc(C(=O)OC2C3CC(c4ccccc43)C2OC(=O)c2ccc(N(C)C)cc2)cc1. The molecular weight excluding hydrogens is 440 g/mol. The Morgan fingerprint density at radius 2 is 1.00 bits per heavy atom. The van der Waals surface area contributed by atoms with Gasteiger partial charge in [0.2, 0.25) is 0 Å². The summed E-state index contributed by atoms with van der Waals surface area (Å²) >= 11 is 0. The van der Waals surface area contributed by atoms with Crippen molar-refractivity contribution >= 4 is 23.3 Å². The molecule has 180 valence electrons. The van der Waals surface area contributed by atoms with Crippen molar-refractivity contribution in [1.29, 1.82) is 0 Å². The molecule has 0 aliphatic heterocycles. The van der Waals surface area contributed by atoms with E-state index >= 15 is 0 Å². The van der Waals surface area contributed by atoms with Gasteiger partial charge < -0.3 is 19.3 Å². The van der Waals surface area contributed by atoms with Gasteiger partial charge in [0.15, 0.2) is 0 Å². The van der Waals surface area contributed by atoms with Gasteiger partial charge in [-0.2, -0.15) is 0 Å². The van der Waals surface area contributed by atoms with Gasteiger partial charge in [0.1, 0.15) is 12.2 Å². The number of carbonyl (C=O) groups is 2. The molecule has 1 saturated carbocycles. The van der Waals surface area contributed by atoms with Crippen molar-refractivity contribution < 1.29 is 19.1 Å². The second kappa shape index (κ2) is 9.10. The number of esters is 2. The van der Waals surface area contributed by atoms with Crippen molar-refractivity contribution in [2.24, 2.45) is 0 Å². The maximum absolute atomic E-state index is 13.1. The van der Waals surface area contributed by atoms with Crippen LogP contribution in [0.3, 0.4) is 0 Å². The van der Waals surface area contributed by atoms with Crippen LogP contribution >= 0.6 is 0 Å². The predicted octanol–water partition coefficient (Wildman–Crippen LogP) is 4.85. The van der Waals surface area contributed by atoms with E-state index in [9.17, 15) is 9.59 Å². The zero-order chi connectivity index (χ0) is 24.7. The fraction of sp³-hybridized carbons (Fsp3) is 0.310. The molecule has 3 aromatic rings. The first-order valence-corrected chi connectivity index (χ1v) is 11.9. The molecule has 2 bridgehead atoms. The Kier molecular flexibility index (Phi) is 5.97. The zero-order valence-corrected chi connectivity index (χ0v) is 20.5. The summed E-state index contributed by atoms with van der Waals surface area (Å²) in [4.78, 5) is 30.1. The number of nitrogens with zero attached hydrogens (tertiary/aromatic N) is 2. The van der Waals surface area contributed by atoms with Crippen molar-refractivity contribution in [3.05, 3.63) is 95.1 Å². The normalized spacial score (nSPS) is 21.8. The molecule has 1 fully saturated rings. The average Bonchev–Trinajstić information content (AvgIpc) is 3.41. The summed E-state index contributed by atoms with van der Waals surface area (Å²) in [6, 6.07) is 22.8. The minimum Gasteiger partial charge on any atom is -0.454 e. The Labute approximate surface area is 206 Å². The maximum Gasteiger partial charge on any atom is 0.338 e. The lowest BCUT2D eigenvalue weighted by atomic mass is 9.87. The van der Waals surface area contributed by atoms with Crippen molar-refractivity contribution in [3.63, 3.8) is 0 Å². The van der Waals surface area contributed by atoms with Crippen LogP contribution in [-0.4, -0.2) is 52.3 Å². The van der Waals surface area contributed by atoms with Crippen LogP contribution in [-0.2, 0) is 9.47 Å². The molecule has 0 spiro atoms. The fourth-order valence-electron chi connectivity index (χ4n) is 5.27. The molecule has 5 rings (SSSR count). The number of carbonyl (C=O) groups excluding carboxylic acids is 2. The van der Waals surface area contributed by atoms with Gasteiger partial charge in [0, 0.05) is 51.4 Å². The third kappa shape index (κ3) is 4.25. The Balaban J connectivity index is 1.39. The van der Waals surface area contributed by atoms with Gasteiger partial charge in [-0.15, -0.1) is 0 Å². The first-order valence-electron chi connectivity index (χ1n) is 11.9. The predicted molar refractivity (Wildman–Crippen MR) is 136 cm³/mol. The van der Waals surface area contributed by atoms with Gasteiger partial charge in [-0.05, 0) is 66.1 Å². The molecule has 2 aliphatic carbocycles. The number of hydrogen-bond acceptors (Lipinski definition) is 6. The number of hydrogen-bond donors (Lipinski definition) is 0. The lowest BCUT2D eigenvalue weighted by molar-refractivity contribution is -0.0348. The molecule has 0 radical (unpaired) electrons. The Morgan fingerprint density at radius 3 is 1.34 bits per heavy atom. The molecule has 4 unspecified atom stereocenters. The van der Waals surface area contributed by atoms with Gasteiger partial charge in [-0.3, -0.25) is 0 Å². The molecule has 3 aromatic carbocycles. The van der Waals surface area contributed by atoms with Crippen LogP contribution in [0, 0.1) is 0 Å². The molecule has 6 heteroatoms. The largest absolute Gasteiger partial charge is 0.454 e. The quantitative estimate of drug-likeness (QED) is 0.480. The molecule has 0 heterocycles. The zero-order valence-electron chi connectivity index (χ0n) is 20.5. The van der Waals surface area contributed by atoms with E-state index in [0.29, 0.717) is 11.1 Å². The van der Waals surface area contributed by atoms with Crippen LogP contribution in [0.4, 0.5) is 11.4 Å². The fourth-order valence-corrected chi connectivity index (χ4v) is 5.27.